The summed E-state index contributed by atoms with van der Waals surface area (Å²) in [5.41, 5.74) is 7.57. The van der Waals surface area contributed by atoms with E-state index in [0.29, 0.717) is 6.42 Å². The molecule has 1 aromatic heterocycles. The van der Waals surface area contributed by atoms with Crippen LogP contribution in [0.4, 0.5) is 5.69 Å². The van der Waals surface area contributed by atoms with Crippen LogP contribution in [0, 0.1) is 6.92 Å². The number of nitrogens with two attached hydrogens (primary N) is 1. The van der Waals surface area contributed by atoms with E-state index in [1.165, 1.54) is 0 Å². The summed E-state index contributed by atoms with van der Waals surface area (Å²) in [5, 5.41) is 2.82. The molecule has 16 heavy (non-hydrogen) atoms. The monoisotopic (exact) mass is 221 g/mol. The number of rotatable bonds is 5. The third kappa shape index (κ3) is 3.98. The molecule has 4 heteroatoms. The minimum atomic E-state index is -0.0537. The van der Waals surface area contributed by atoms with Crippen LogP contribution in [0.1, 0.15) is 31.7 Å². The summed E-state index contributed by atoms with van der Waals surface area (Å²) in [5.74, 6) is -0.0444. The fourth-order valence-electron chi connectivity index (χ4n) is 1.51. The van der Waals surface area contributed by atoms with Gasteiger partial charge in [0.05, 0.1) is 11.9 Å². The van der Waals surface area contributed by atoms with Gasteiger partial charge in [-0.1, -0.05) is 13.3 Å². The van der Waals surface area contributed by atoms with Crippen molar-refractivity contribution in [2.45, 2.75) is 39.2 Å². The van der Waals surface area contributed by atoms with Crippen molar-refractivity contribution in [3.8, 4) is 0 Å². The second-order valence-electron chi connectivity index (χ2n) is 3.99. The Morgan fingerprint density at radius 3 is 3.00 bits per heavy atom. The number of hydrogen-bond acceptors (Lipinski definition) is 3. The Kier molecular flexibility index (Phi) is 4.92. The topological polar surface area (TPSA) is 68.0 Å². The smallest absolute Gasteiger partial charge is 0.225 e. The summed E-state index contributed by atoms with van der Waals surface area (Å²) in [4.78, 5) is 15.6. The average molecular weight is 221 g/mol. The fourth-order valence-corrected chi connectivity index (χ4v) is 1.51. The summed E-state index contributed by atoms with van der Waals surface area (Å²) in [6.07, 6.45) is 5.59. The molecule has 0 aliphatic heterocycles. The number of nitrogens with one attached hydrogen (secondary N) is 1. The van der Waals surface area contributed by atoms with Gasteiger partial charge in [-0.3, -0.25) is 9.78 Å². The van der Waals surface area contributed by atoms with Crippen LogP contribution < -0.4 is 11.1 Å². The Bertz CT molecular complexity index is 352. The van der Waals surface area contributed by atoms with Crippen molar-refractivity contribution in [2.24, 2.45) is 5.73 Å². The van der Waals surface area contributed by atoms with Gasteiger partial charge in [0.15, 0.2) is 0 Å². The van der Waals surface area contributed by atoms with Crippen LogP contribution in [0.25, 0.3) is 0 Å². The van der Waals surface area contributed by atoms with E-state index in [1.54, 1.807) is 12.4 Å². The number of aryl methyl sites for hydroxylation is 1. The molecule has 0 saturated carbocycles. The molecule has 0 aliphatic rings. The molecule has 1 aromatic rings. The number of nitrogens with zero attached hydrogens (tertiary/aromatic N) is 1. The maximum atomic E-state index is 11.6. The number of carbonyl (C=O) groups excluding carboxylic acids is 1. The molecule has 0 spiro atoms. The summed E-state index contributed by atoms with van der Waals surface area (Å²) in [6.45, 7) is 3.99. The zero-order valence-corrected chi connectivity index (χ0v) is 9.86. The first-order valence-electron chi connectivity index (χ1n) is 5.59. The van der Waals surface area contributed by atoms with Crippen molar-refractivity contribution >= 4 is 11.6 Å². The number of carbonyl (C=O) groups is 1. The Balaban J connectivity index is 2.49. The predicted octanol–water partition coefficient (Wildman–Crippen LogP) is 1.85. The highest BCUT2D eigenvalue weighted by Gasteiger charge is 2.09. The van der Waals surface area contributed by atoms with Gasteiger partial charge in [-0.2, -0.15) is 0 Å². The summed E-state index contributed by atoms with van der Waals surface area (Å²) < 4.78 is 0. The van der Waals surface area contributed by atoms with Crippen LogP contribution in [0.15, 0.2) is 18.5 Å². The van der Waals surface area contributed by atoms with E-state index >= 15 is 0 Å². The van der Waals surface area contributed by atoms with E-state index in [1.807, 2.05) is 13.0 Å². The van der Waals surface area contributed by atoms with Gasteiger partial charge >= 0.3 is 0 Å². The van der Waals surface area contributed by atoms with E-state index in [9.17, 15) is 4.79 Å². The zero-order chi connectivity index (χ0) is 12.0. The molecule has 1 unspecified atom stereocenters. The van der Waals surface area contributed by atoms with Crippen molar-refractivity contribution in [1.82, 2.24) is 4.98 Å². The fraction of sp³-hybridized carbons (Fsp3) is 0.500. The van der Waals surface area contributed by atoms with Crippen molar-refractivity contribution in [3.05, 3.63) is 24.0 Å². The molecular formula is C12H19N3O. The zero-order valence-electron chi connectivity index (χ0n) is 9.86. The first kappa shape index (κ1) is 12.6. The number of amides is 1. The van der Waals surface area contributed by atoms with Gasteiger partial charge in [0.1, 0.15) is 0 Å². The second-order valence-corrected chi connectivity index (χ2v) is 3.99. The van der Waals surface area contributed by atoms with Gasteiger partial charge in [-0.15, -0.1) is 0 Å². The minimum Gasteiger partial charge on any atom is -0.327 e. The SMILES string of the molecule is CCCC(N)CC(=O)Nc1cnccc1C. The Labute approximate surface area is 96.3 Å². The first-order chi connectivity index (χ1) is 7.63. The lowest BCUT2D eigenvalue weighted by atomic mass is 10.1. The molecule has 88 valence electrons. The molecule has 1 rings (SSSR count). The quantitative estimate of drug-likeness (QED) is 0.797. The van der Waals surface area contributed by atoms with Crippen LogP contribution in [0.2, 0.25) is 0 Å². The molecule has 0 bridgehead atoms. The third-order valence-electron chi connectivity index (χ3n) is 2.42. The molecule has 0 fully saturated rings. The molecular weight excluding hydrogens is 202 g/mol. The van der Waals surface area contributed by atoms with Gasteiger partial charge in [0, 0.05) is 18.7 Å². The van der Waals surface area contributed by atoms with Crippen LogP contribution in [-0.4, -0.2) is 16.9 Å². The van der Waals surface area contributed by atoms with E-state index in [2.05, 4.69) is 17.2 Å². The highest BCUT2D eigenvalue weighted by atomic mass is 16.1. The average Bonchev–Trinajstić information content (AvgIpc) is 2.21. The third-order valence-corrected chi connectivity index (χ3v) is 2.42. The summed E-state index contributed by atoms with van der Waals surface area (Å²) >= 11 is 0. The summed E-state index contributed by atoms with van der Waals surface area (Å²) in [6, 6.07) is 1.81. The van der Waals surface area contributed by atoms with E-state index in [0.717, 1.165) is 24.1 Å². The van der Waals surface area contributed by atoms with Gasteiger partial charge in [0.25, 0.3) is 0 Å². The molecule has 1 amide bonds. The van der Waals surface area contributed by atoms with Gasteiger partial charge < -0.3 is 11.1 Å². The maximum absolute atomic E-state index is 11.6. The molecule has 3 N–H and O–H groups in total. The lowest BCUT2D eigenvalue weighted by Gasteiger charge is -2.11. The normalized spacial score (nSPS) is 12.2. The van der Waals surface area contributed by atoms with Gasteiger partial charge in [-0.05, 0) is 25.0 Å². The first-order valence-corrected chi connectivity index (χ1v) is 5.59. The van der Waals surface area contributed by atoms with E-state index < -0.39 is 0 Å². The summed E-state index contributed by atoms with van der Waals surface area (Å²) in [7, 11) is 0. The van der Waals surface area contributed by atoms with Crippen LogP contribution in [0.3, 0.4) is 0 Å². The van der Waals surface area contributed by atoms with Crippen LogP contribution in [-0.2, 0) is 4.79 Å². The molecule has 1 atom stereocenters. The van der Waals surface area contributed by atoms with Gasteiger partial charge in [0.2, 0.25) is 5.91 Å². The van der Waals surface area contributed by atoms with Crippen LogP contribution in [0.5, 0.6) is 0 Å². The number of aromatic nitrogens is 1. The Hall–Kier alpha value is -1.42. The standard InChI is InChI=1S/C12H19N3O/c1-3-4-10(13)7-12(16)15-11-8-14-6-5-9(11)2/h5-6,8,10H,3-4,7,13H2,1-2H3,(H,15,16). The van der Waals surface area contributed by atoms with Crippen molar-refractivity contribution in [3.63, 3.8) is 0 Å². The highest BCUT2D eigenvalue weighted by Crippen LogP contribution is 2.12. The molecule has 0 aromatic carbocycles. The van der Waals surface area contributed by atoms with E-state index in [-0.39, 0.29) is 11.9 Å². The second kappa shape index (κ2) is 6.23. The molecule has 0 saturated heterocycles. The largest absolute Gasteiger partial charge is 0.327 e. The van der Waals surface area contributed by atoms with Crippen LogP contribution >= 0.6 is 0 Å². The van der Waals surface area contributed by atoms with E-state index in [4.69, 9.17) is 5.73 Å². The Morgan fingerprint density at radius 2 is 2.38 bits per heavy atom. The number of anilines is 1. The lowest BCUT2D eigenvalue weighted by Crippen LogP contribution is -2.27. The molecule has 4 nitrogen and oxygen atoms in total. The van der Waals surface area contributed by atoms with Crippen molar-refractivity contribution < 1.29 is 4.79 Å². The van der Waals surface area contributed by atoms with Crippen molar-refractivity contribution in [1.29, 1.82) is 0 Å². The highest BCUT2D eigenvalue weighted by molar-refractivity contribution is 5.91. The predicted molar refractivity (Wildman–Crippen MR) is 65.1 cm³/mol. The Morgan fingerprint density at radius 1 is 1.62 bits per heavy atom. The number of pyridine rings is 1. The lowest BCUT2D eigenvalue weighted by molar-refractivity contribution is -0.116. The van der Waals surface area contributed by atoms with Gasteiger partial charge in [-0.25, -0.2) is 0 Å². The number of hydrogen-bond donors (Lipinski definition) is 2. The minimum absolute atomic E-state index is 0.0444. The molecule has 0 aliphatic carbocycles. The maximum Gasteiger partial charge on any atom is 0.225 e. The molecule has 1 heterocycles. The molecule has 0 radical (unpaired) electrons. The van der Waals surface area contributed by atoms with Crippen molar-refractivity contribution in [2.75, 3.05) is 5.32 Å².